The van der Waals surface area contributed by atoms with Gasteiger partial charge in [0.2, 0.25) is 5.95 Å². The third-order valence-electron chi connectivity index (χ3n) is 5.14. The lowest BCUT2D eigenvalue weighted by Crippen LogP contribution is -2.07. The summed E-state index contributed by atoms with van der Waals surface area (Å²) < 4.78 is 5.75. The number of hydrogen-bond donors (Lipinski definition) is 2. The molecule has 5 aromatic rings. The van der Waals surface area contributed by atoms with Gasteiger partial charge in [0.15, 0.2) is 17.2 Å². The first-order chi connectivity index (χ1) is 16.5. The lowest BCUT2D eigenvalue weighted by molar-refractivity contribution is 0.477. The number of rotatable bonds is 6. The molecule has 0 saturated carbocycles. The molecule has 0 aliphatic carbocycles. The van der Waals surface area contributed by atoms with Crippen LogP contribution in [-0.4, -0.2) is 39.1 Å². The maximum absolute atomic E-state index is 10.3. The van der Waals surface area contributed by atoms with Gasteiger partial charge in [-0.1, -0.05) is 42.5 Å². The number of oxazole rings is 1. The number of fused-ring (bicyclic) bond motifs is 1. The van der Waals surface area contributed by atoms with Gasteiger partial charge in [0.05, 0.1) is 5.56 Å². The Balaban J connectivity index is 1.51. The minimum Gasteiger partial charge on any atom is -0.507 e. The van der Waals surface area contributed by atoms with E-state index in [0.29, 0.717) is 22.8 Å². The fourth-order valence-corrected chi connectivity index (χ4v) is 3.38. The van der Waals surface area contributed by atoms with Crippen molar-refractivity contribution in [3.8, 4) is 17.1 Å². The molecule has 2 N–H and O–H groups in total. The molecule has 8 heteroatoms. The summed E-state index contributed by atoms with van der Waals surface area (Å²) in [5.41, 5.74) is 3.99. The summed E-state index contributed by atoms with van der Waals surface area (Å²) in [5, 5.41) is 13.4. The highest BCUT2D eigenvalue weighted by atomic mass is 16.4. The molecule has 8 nitrogen and oxygen atoms in total. The van der Waals surface area contributed by atoms with Gasteiger partial charge in [0.1, 0.15) is 11.3 Å². The first-order valence-electron chi connectivity index (χ1n) is 10.7. The number of phenols is 1. The van der Waals surface area contributed by atoms with Crippen molar-refractivity contribution in [2.24, 2.45) is 0 Å². The molecular weight excluding hydrogens is 428 g/mol. The monoisotopic (exact) mass is 450 g/mol. The van der Waals surface area contributed by atoms with Gasteiger partial charge >= 0.3 is 6.01 Å². The van der Waals surface area contributed by atoms with Gasteiger partial charge in [-0.25, -0.2) is 4.98 Å². The Kier molecular flexibility index (Phi) is 5.61. The van der Waals surface area contributed by atoms with Crippen LogP contribution in [0.2, 0.25) is 0 Å². The van der Waals surface area contributed by atoms with Crippen molar-refractivity contribution in [1.82, 2.24) is 19.9 Å². The average molecular weight is 451 g/mol. The van der Waals surface area contributed by atoms with Crippen LogP contribution in [0, 0.1) is 0 Å². The zero-order valence-corrected chi connectivity index (χ0v) is 18.7. The molecular formula is C26H22N6O2. The van der Waals surface area contributed by atoms with Crippen LogP contribution in [-0.2, 0) is 0 Å². The van der Waals surface area contributed by atoms with E-state index in [1.54, 1.807) is 24.3 Å². The van der Waals surface area contributed by atoms with Crippen LogP contribution in [0.3, 0.4) is 0 Å². The third-order valence-corrected chi connectivity index (χ3v) is 5.14. The van der Waals surface area contributed by atoms with E-state index in [0.717, 1.165) is 16.8 Å². The van der Waals surface area contributed by atoms with E-state index >= 15 is 0 Å². The molecule has 0 bridgehead atoms. The number of phenolic OH excluding ortho intramolecular Hbond substituents is 1. The topological polar surface area (TPSA) is 100 Å². The summed E-state index contributed by atoms with van der Waals surface area (Å²) in [7, 11) is 4.00. The zero-order valence-electron chi connectivity index (χ0n) is 18.7. The fourth-order valence-electron chi connectivity index (χ4n) is 3.38. The second-order valence-corrected chi connectivity index (χ2v) is 7.79. The van der Waals surface area contributed by atoms with Gasteiger partial charge in [-0.2, -0.15) is 15.0 Å². The van der Waals surface area contributed by atoms with Crippen LogP contribution >= 0.6 is 0 Å². The van der Waals surface area contributed by atoms with Crippen molar-refractivity contribution in [2.45, 2.75) is 0 Å². The number of para-hydroxylation sites is 3. The van der Waals surface area contributed by atoms with Gasteiger partial charge in [0, 0.05) is 19.8 Å². The number of nitrogens with zero attached hydrogens (tertiary/aromatic N) is 5. The van der Waals surface area contributed by atoms with E-state index in [4.69, 9.17) is 4.42 Å². The summed E-state index contributed by atoms with van der Waals surface area (Å²) in [4.78, 5) is 20.0. The smallest absolute Gasteiger partial charge is 0.302 e. The molecule has 2 aromatic heterocycles. The Morgan fingerprint density at radius 3 is 2.35 bits per heavy atom. The standard InChI is InChI=1S/C26H22N6O2/c1-32(2)18-14-11-17(12-15-18)13-16-23-28-24(19-7-3-5-9-21(19)33)30-25(29-23)31-26-27-20-8-4-6-10-22(20)34-26/h3-16,33H,1-2H3,(H,27,28,29,30,31). The van der Waals surface area contributed by atoms with Crippen LogP contribution in [0.15, 0.2) is 77.2 Å². The van der Waals surface area contributed by atoms with Crippen LogP contribution in [0.5, 0.6) is 5.75 Å². The predicted molar refractivity (Wildman–Crippen MR) is 134 cm³/mol. The number of anilines is 3. The molecule has 0 unspecified atom stereocenters. The summed E-state index contributed by atoms with van der Waals surface area (Å²) >= 11 is 0. The quantitative estimate of drug-likeness (QED) is 0.356. The average Bonchev–Trinajstić information content (AvgIpc) is 3.25. The number of hydrogen-bond acceptors (Lipinski definition) is 8. The van der Waals surface area contributed by atoms with Crippen LogP contribution in [0.25, 0.3) is 34.6 Å². The second-order valence-electron chi connectivity index (χ2n) is 7.79. The molecule has 0 aliphatic rings. The SMILES string of the molecule is CN(C)c1ccc(C=Cc2nc(Nc3nc4ccccc4o3)nc(-c3ccccc3O)n2)cc1. The van der Waals surface area contributed by atoms with Crippen LogP contribution in [0.4, 0.5) is 17.7 Å². The van der Waals surface area contributed by atoms with Crippen LogP contribution in [0.1, 0.15) is 11.4 Å². The lowest BCUT2D eigenvalue weighted by atomic mass is 10.2. The largest absolute Gasteiger partial charge is 0.507 e. The highest BCUT2D eigenvalue weighted by Crippen LogP contribution is 2.27. The van der Waals surface area contributed by atoms with Crippen LogP contribution < -0.4 is 10.2 Å². The summed E-state index contributed by atoms with van der Waals surface area (Å²) in [6.45, 7) is 0. The minimum absolute atomic E-state index is 0.0794. The third kappa shape index (κ3) is 4.56. The fraction of sp³-hybridized carbons (Fsp3) is 0.0769. The van der Waals surface area contributed by atoms with Crippen molar-refractivity contribution in [3.63, 3.8) is 0 Å². The zero-order chi connectivity index (χ0) is 23.5. The molecule has 2 heterocycles. The molecule has 34 heavy (non-hydrogen) atoms. The van der Waals surface area contributed by atoms with Gasteiger partial charge in [0.25, 0.3) is 0 Å². The highest BCUT2D eigenvalue weighted by molar-refractivity contribution is 5.75. The Bertz CT molecular complexity index is 1440. The summed E-state index contributed by atoms with van der Waals surface area (Å²) in [6, 6.07) is 22.8. The Morgan fingerprint density at radius 1 is 0.824 bits per heavy atom. The maximum atomic E-state index is 10.3. The number of aromatic nitrogens is 4. The molecule has 3 aromatic carbocycles. The molecule has 0 spiro atoms. The molecule has 168 valence electrons. The van der Waals surface area contributed by atoms with Gasteiger partial charge in [-0.05, 0) is 48.0 Å². The second kappa shape index (κ2) is 9.03. The van der Waals surface area contributed by atoms with E-state index < -0.39 is 0 Å². The lowest BCUT2D eigenvalue weighted by Gasteiger charge is -2.11. The Morgan fingerprint density at radius 2 is 1.59 bits per heavy atom. The van der Waals surface area contributed by atoms with E-state index in [9.17, 15) is 5.11 Å². The summed E-state index contributed by atoms with van der Waals surface area (Å²) in [6.07, 6.45) is 3.72. The minimum atomic E-state index is 0.0794. The first-order valence-corrected chi connectivity index (χ1v) is 10.7. The molecule has 0 saturated heterocycles. The van der Waals surface area contributed by atoms with Crippen molar-refractivity contribution in [3.05, 3.63) is 84.2 Å². The van der Waals surface area contributed by atoms with Gasteiger partial charge < -0.3 is 14.4 Å². The molecule has 0 aliphatic heterocycles. The number of aromatic hydroxyl groups is 1. The molecule has 0 amide bonds. The first kappa shape index (κ1) is 21.1. The van der Waals surface area contributed by atoms with Gasteiger partial charge in [-0.15, -0.1) is 0 Å². The van der Waals surface area contributed by atoms with E-state index in [1.807, 2.05) is 79.7 Å². The van der Waals surface area contributed by atoms with Crippen molar-refractivity contribution < 1.29 is 9.52 Å². The normalized spacial score (nSPS) is 11.2. The van der Waals surface area contributed by atoms with E-state index in [-0.39, 0.29) is 17.7 Å². The molecule has 0 atom stereocenters. The Labute approximate surface area is 196 Å². The van der Waals surface area contributed by atoms with Gasteiger partial charge in [-0.3, -0.25) is 5.32 Å². The van der Waals surface area contributed by atoms with E-state index in [1.165, 1.54) is 0 Å². The molecule has 5 rings (SSSR count). The molecule has 0 radical (unpaired) electrons. The summed E-state index contributed by atoms with van der Waals surface area (Å²) in [5.74, 6) is 1.08. The predicted octanol–water partition coefficient (Wildman–Crippen LogP) is 5.37. The number of benzene rings is 3. The molecule has 0 fully saturated rings. The maximum Gasteiger partial charge on any atom is 0.302 e. The Hall–Kier alpha value is -4.72. The van der Waals surface area contributed by atoms with Crippen molar-refractivity contribution >= 4 is 40.9 Å². The van der Waals surface area contributed by atoms with Crippen molar-refractivity contribution in [2.75, 3.05) is 24.3 Å². The van der Waals surface area contributed by atoms with E-state index in [2.05, 4.69) is 25.3 Å². The highest BCUT2D eigenvalue weighted by Gasteiger charge is 2.13. The number of nitrogens with one attached hydrogen (secondary N) is 1. The van der Waals surface area contributed by atoms with Crippen molar-refractivity contribution in [1.29, 1.82) is 0 Å².